The van der Waals surface area contributed by atoms with E-state index in [0.717, 1.165) is 16.8 Å². The van der Waals surface area contributed by atoms with E-state index in [4.69, 9.17) is 9.47 Å². The second-order valence-electron chi connectivity index (χ2n) is 13.1. The van der Waals surface area contributed by atoms with Crippen molar-refractivity contribution in [1.29, 1.82) is 0 Å². The fourth-order valence-electron chi connectivity index (χ4n) is 7.68. The van der Waals surface area contributed by atoms with Crippen LogP contribution in [0.2, 0.25) is 0 Å². The summed E-state index contributed by atoms with van der Waals surface area (Å²) in [6, 6.07) is 12.7. The normalized spacial score (nSPS) is 32.3. The summed E-state index contributed by atoms with van der Waals surface area (Å²) >= 11 is 0. The maximum Gasteiger partial charge on any atom is 0.313 e. The molecule has 4 aliphatic rings. The van der Waals surface area contributed by atoms with Gasteiger partial charge in [-0.3, -0.25) is 19.2 Å². The molecule has 0 aromatic heterocycles. The number of cyclic esters (lactones) is 1. The third-order valence-corrected chi connectivity index (χ3v) is 10.0. The first kappa shape index (κ1) is 32.7. The molecule has 10 nitrogen and oxygen atoms in total. The van der Waals surface area contributed by atoms with E-state index in [9.17, 15) is 24.3 Å². The van der Waals surface area contributed by atoms with Gasteiger partial charge in [0.15, 0.2) is 0 Å². The van der Waals surface area contributed by atoms with E-state index >= 15 is 0 Å². The van der Waals surface area contributed by atoms with Gasteiger partial charge in [-0.15, -0.1) is 0 Å². The third kappa shape index (κ3) is 5.67. The van der Waals surface area contributed by atoms with Crippen LogP contribution < -0.4 is 10.2 Å². The van der Waals surface area contributed by atoms with E-state index in [-0.39, 0.29) is 31.4 Å². The highest BCUT2D eigenvalue weighted by molar-refractivity contribution is 6.06. The number of benzene rings is 2. The van der Waals surface area contributed by atoms with Crippen molar-refractivity contribution in [2.45, 2.75) is 82.9 Å². The number of amides is 3. The lowest BCUT2D eigenvalue weighted by Gasteiger charge is -2.38. The Bertz CT molecular complexity index is 1600. The molecule has 3 amide bonds. The first-order chi connectivity index (χ1) is 22.6. The second kappa shape index (κ2) is 13.1. The first-order valence-electron chi connectivity index (χ1n) is 16.5. The number of hydrogen-bond donors (Lipinski definition) is 2. The van der Waals surface area contributed by atoms with E-state index in [2.05, 4.69) is 5.32 Å². The van der Waals surface area contributed by atoms with E-state index in [1.807, 2.05) is 75.4 Å². The van der Waals surface area contributed by atoms with Crippen molar-refractivity contribution in [3.8, 4) is 0 Å². The summed E-state index contributed by atoms with van der Waals surface area (Å²) in [7, 11) is 0. The summed E-state index contributed by atoms with van der Waals surface area (Å²) in [6.45, 7) is 7.42. The maximum absolute atomic E-state index is 14.8. The van der Waals surface area contributed by atoms with Gasteiger partial charge in [-0.05, 0) is 56.4 Å². The highest BCUT2D eigenvalue weighted by Crippen LogP contribution is 2.54. The number of nitrogens with zero attached hydrogens (tertiary/aromatic N) is 2. The van der Waals surface area contributed by atoms with Crippen molar-refractivity contribution in [2.24, 2.45) is 11.8 Å². The zero-order valence-corrected chi connectivity index (χ0v) is 27.3. The van der Waals surface area contributed by atoms with Crippen molar-refractivity contribution in [2.75, 3.05) is 18.1 Å². The summed E-state index contributed by atoms with van der Waals surface area (Å²) in [5.41, 5.74) is 1.82. The molecule has 4 heterocycles. The summed E-state index contributed by atoms with van der Waals surface area (Å²) in [5.74, 6) is -3.77. The SMILES string of the molecule is CC[C@@H](CO)N1C(=O)[C@@H]2[C@H]3C(=O)O[C@H](c4ccccc4)[C@@H](C)NC(=O)CC/C=C\[C@H]3O[C@@]23C=CCN(c2cc(C)ccc2C)C(=O)[C@@H]13. The average molecular weight is 642 g/mol. The first-order valence-corrected chi connectivity index (χ1v) is 16.5. The number of aliphatic hydroxyl groups is 1. The summed E-state index contributed by atoms with van der Waals surface area (Å²) in [4.78, 5) is 59.9. The Morgan fingerprint density at radius 2 is 1.81 bits per heavy atom. The predicted octanol–water partition coefficient (Wildman–Crippen LogP) is 3.70. The lowest BCUT2D eigenvalue weighted by Crippen LogP contribution is -2.58. The van der Waals surface area contributed by atoms with Gasteiger partial charge in [-0.25, -0.2) is 0 Å². The Morgan fingerprint density at radius 1 is 1.04 bits per heavy atom. The zero-order valence-electron chi connectivity index (χ0n) is 27.3. The van der Waals surface area contributed by atoms with Crippen LogP contribution in [0.4, 0.5) is 5.69 Å². The Labute approximate surface area is 275 Å². The molecule has 2 N–H and O–H groups in total. The number of ether oxygens (including phenoxy) is 2. The molecule has 0 aliphatic carbocycles. The third-order valence-electron chi connectivity index (χ3n) is 10.0. The lowest BCUT2D eigenvalue weighted by atomic mass is 9.77. The van der Waals surface area contributed by atoms with Crippen LogP contribution in [-0.4, -0.2) is 76.7 Å². The molecule has 0 bridgehead atoms. The Balaban J connectivity index is 1.47. The number of allylic oxidation sites excluding steroid dienone is 1. The molecule has 4 aliphatic heterocycles. The summed E-state index contributed by atoms with van der Waals surface area (Å²) in [5, 5.41) is 13.4. The van der Waals surface area contributed by atoms with Crippen LogP contribution in [0.1, 0.15) is 55.9 Å². The van der Waals surface area contributed by atoms with Crippen LogP contribution in [0.25, 0.3) is 0 Å². The molecule has 0 saturated carbocycles. The number of aliphatic hydroxyl groups excluding tert-OH is 1. The van der Waals surface area contributed by atoms with E-state index in [1.165, 1.54) is 4.90 Å². The molecule has 0 radical (unpaired) electrons. The molecule has 1 spiro atoms. The molecule has 47 heavy (non-hydrogen) atoms. The van der Waals surface area contributed by atoms with Gasteiger partial charge in [0.25, 0.3) is 5.91 Å². The average Bonchev–Trinajstić information content (AvgIpc) is 3.44. The lowest BCUT2D eigenvalue weighted by molar-refractivity contribution is -0.161. The number of anilines is 1. The number of nitrogens with one attached hydrogen (secondary N) is 1. The Kier molecular flexibility index (Phi) is 9.09. The molecular weight excluding hydrogens is 598 g/mol. The molecule has 6 rings (SSSR count). The minimum Gasteiger partial charge on any atom is -0.455 e. The van der Waals surface area contributed by atoms with Crippen LogP contribution in [0, 0.1) is 25.7 Å². The van der Waals surface area contributed by atoms with Gasteiger partial charge in [0.05, 0.1) is 30.7 Å². The largest absolute Gasteiger partial charge is 0.455 e. The van der Waals surface area contributed by atoms with Crippen LogP contribution >= 0.6 is 0 Å². The van der Waals surface area contributed by atoms with Crippen molar-refractivity contribution in [3.05, 3.63) is 89.5 Å². The Morgan fingerprint density at radius 3 is 2.53 bits per heavy atom. The summed E-state index contributed by atoms with van der Waals surface area (Å²) in [6.07, 6.45) is 6.41. The minimum atomic E-state index is -1.50. The quantitative estimate of drug-likeness (QED) is 0.377. The minimum absolute atomic E-state index is 0.177. The number of fused-ring (bicyclic) bond motifs is 2. The van der Waals surface area contributed by atoms with Gasteiger partial charge in [0, 0.05) is 18.7 Å². The number of likely N-dealkylation sites (tertiary alicyclic amines) is 1. The number of carbonyl (C=O) groups is 4. The van der Waals surface area contributed by atoms with Crippen molar-refractivity contribution >= 4 is 29.4 Å². The van der Waals surface area contributed by atoms with Gasteiger partial charge < -0.3 is 29.7 Å². The van der Waals surface area contributed by atoms with Crippen molar-refractivity contribution < 1.29 is 33.8 Å². The number of hydrogen-bond acceptors (Lipinski definition) is 7. The van der Waals surface area contributed by atoms with Crippen LogP contribution in [0.3, 0.4) is 0 Å². The fourth-order valence-corrected chi connectivity index (χ4v) is 7.68. The number of aryl methyl sites for hydroxylation is 2. The van der Waals surface area contributed by atoms with Gasteiger partial charge in [-0.1, -0.05) is 73.7 Å². The predicted molar refractivity (Wildman–Crippen MR) is 175 cm³/mol. The zero-order chi connectivity index (χ0) is 33.5. The molecule has 8 atom stereocenters. The molecule has 2 saturated heterocycles. The molecule has 10 heteroatoms. The summed E-state index contributed by atoms with van der Waals surface area (Å²) < 4.78 is 13.0. The van der Waals surface area contributed by atoms with Gasteiger partial charge in [0.1, 0.15) is 23.7 Å². The van der Waals surface area contributed by atoms with E-state index < -0.39 is 59.6 Å². The van der Waals surface area contributed by atoms with Crippen molar-refractivity contribution in [1.82, 2.24) is 10.2 Å². The van der Waals surface area contributed by atoms with Gasteiger partial charge in [0.2, 0.25) is 11.8 Å². The van der Waals surface area contributed by atoms with Gasteiger partial charge >= 0.3 is 5.97 Å². The molecule has 0 unspecified atom stereocenters. The van der Waals surface area contributed by atoms with Gasteiger partial charge in [-0.2, -0.15) is 0 Å². The molecule has 2 fully saturated rings. The highest BCUT2D eigenvalue weighted by atomic mass is 16.6. The van der Waals surface area contributed by atoms with Crippen LogP contribution in [-0.2, 0) is 28.7 Å². The fraction of sp³-hybridized carbons (Fsp3) is 0.459. The smallest absolute Gasteiger partial charge is 0.313 e. The second-order valence-corrected chi connectivity index (χ2v) is 13.1. The van der Waals surface area contributed by atoms with E-state index in [0.29, 0.717) is 18.4 Å². The number of esters is 1. The maximum atomic E-state index is 14.8. The topological polar surface area (TPSA) is 125 Å². The van der Waals surface area contributed by atoms with Crippen LogP contribution in [0.5, 0.6) is 0 Å². The number of carbonyl (C=O) groups excluding carboxylic acids is 4. The number of rotatable bonds is 5. The van der Waals surface area contributed by atoms with Crippen LogP contribution in [0.15, 0.2) is 72.8 Å². The standard InChI is InChI=1S/C37H43N3O7/c1-5-26(21-41)40-33-35(44)39(27-20-22(2)16-17-23(27)3)19-11-18-37(33)31(34(40)43)30-28(47-37)14-9-10-15-29(42)38-24(4)32(46-36(30)45)25-12-7-6-8-13-25/h6-9,11-14,16-18,20,24,26,28,30-33,41H,5,10,15,19,21H2,1-4H3,(H,38,42)/b14-9-/t24-,26+,28-,30+,31+,32+,33-,37+/m1/s1. The van der Waals surface area contributed by atoms with Crippen molar-refractivity contribution in [3.63, 3.8) is 0 Å². The van der Waals surface area contributed by atoms with E-state index in [1.54, 1.807) is 30.1 Å². The Hall–Kier alpha value is -4.28. The molecule has 2 aromatic carbocycles. The molecular formula is C37H43N3O7. The molecule has 248 valence electrons. The monoisotopic (exact) mass is 641 g/mol. The molecule has 2 aromatic rings. The highest BCUT2D eigenvalue weighted by Gasteiger charge is 2.72.